The second-order valence-electron chi connectivity index (χ2n) is 8.56. The first-order valence-corrected chi connectivity index (χ1v) is 11.8. The van der Waals surface area contributed by atoms with Crippen molar-refractivity contribution < 1.29 is 9.59 Å². The van der Waals surface area contributed by atoms with E-state index in [0.717, 1.165) is 15.9 Å². The Bertz CT molecular complexity index is 1330. The summed E-state index contributed by atoms with van der Waals surface area (Å²) >= 11 is 3.35. The molecule has 0 aromatic carbocycles. The topological polar surface area (TPSA) is 199 Å². The average molecular weight is 614 g/mol. The van der Waals surface area contributed by atoms with Crippen LogP contribution in [-0.2, 0) is 0 Å². The molecule has 4 heterocycles. The molecule has 37 heavy (non-hydrogen) atoms. The number of rotatable bonds is 8. The molecule has 0 bridgehead atoms. The van der Waals surface area contributed by atoms with Crippen LogP contribution in [0, 0.1) is 11.8 Å². The molecule has 5 rings (SSSR count). The van der Waals surface area contributed by atoms with Gasteiger partial charge in [-0.15, -0.1) is 24.8 Å². The molecule has 2 amide bonds. The standard InChI is InChI=1S/C22H25BrN10O2.2ClH/c23-10-4-14(27-5-10)20(35)29-7-12-11(6-28-19(34)13-2-1-3-26-13)17(15-8-30-21(24)32-15)18(12)16-9-31-22(25)33-16;;/h1-5,8-9,11-12,17-18,26-27H,6-7H2,(H,28,34)(H,29,35)(H3,24,30,32)(H3,25,31,33);2*1H/t11-,12-,17-,18-;;/m1../s1. The molecule has 15 heteroatoms. The molecule has 4 aromatic rings. The number of nitrogens with zero attached hydrogens (tertiary/aromatic N) is 2. The van der Waals surface area contributed by atoms with Crippen molar-refractivity contribution in [1.29, 1.82) is 0 Å². The van der Waals surface area contributed by atoms with Gasteiger partial charge in [0.05, 0.1) is 12.4 Å². The Balaban J connectivity index is 0.00000190. The molecule has 4 atom stereocenters. The van der Waals surface area contributed by atoms with Crippen molar-refractivity contribution in [2.75, 3.05) is 24.6 Å². The van der Waals surface area contributed by atoms with Crippen LogP contribution >= 0.6 is 40.7 Å². The van der Waals surface area contributed by atoms with Crippen LogP contribution in [0.2, 0.25) is 0 Å². The van der Waals surface area contributed by atoms with Crippen LogP contribution < -0.4 is 22.1 Å². The normalized spacial score (nSPS) is 20.2. The first-order valence-electron chi connectivity index (χ1n) is 11.0. The summed E-state index contributed by atoms with van der Waals surface area (Å²) in [5.74, 6) is 0.00658. The number of aromatic amines is 4. The molecule has 0 unspecified atom stereocenters. The molecule has 0 saturated heterocycles. The largest absolute Gasteiger partial charge is 0.369 e. The van der Waals surface area contributed by atoms with E-state index in [9.17, 15) is 9.59 Å². The molecule has 0 aliphatic heterocycles. The summed E-state index contributed by atoms with van der Waals surface area (Å²) < 4.78 is 0.791. The van der Waals surface area contributed by atoms with Gasteiger partial charge in [-0.3, -0.25) is 9.59 Å². The summed E-state index contributed by atoms with van der Waals surface area (Å²) in [6, 6.07) is 5.20. The lowest BCUT2D eigenvalue weighted by molar-refractivity contribution is 0.0674. The van der Waals surface area contributed by atoms with Gasteiger partial charge in [-0.25, -0.2) is 9.97 Å². The molecule has 12 nitrogen and oxygen atoms in total. The average Bonchev–Trinajstić information content (AvgIpc) is 3.62. The summed E-state index contributed by atoms with van der Waals surface area (Å²) in [6.45, 7) is 0.762. The molecule has 1 aliphatic carbocycles. The second-order valence-corrected chi connectivity index (χ2v) is 9.48. The zero-order valence-corrected chi connectivity index (χ0v) is 22.5. The number of carbonyl (C=O) groups is 2. The van der Waals surface area contributed by atoms with Crippen LogP contribution in [-0.4, -0.2) is 54.8 Å². The number of H-pyrrole nitrogens is 4. The van der Waals surface area contributed by atoms with Crippen LogP contribution in [0.15, 0.2) is 47.5 Å². The number of aromatic nitrogens is 6. The fourth-order valence-electron chi connectivity index (χ4n) is 4.95. The van der Waals surface area contributed by atoms with E-state index in [1.54, 1.807) is 43.0 Å². The van der Waals surface area contributed by atoms with Gasteiger partial charge in [0.1, 0.15) is 11.4 Å². The summed E-state index contributed by atoms with van der Waals surface area (Å²) in [5, 5.41) is 6.03. The number of amides is 2. The number of anilines is 2. The summed E-state index contributed by atoms with van der Waals surface area (Å²) in [6.07, 6.45) is 6.81. The maximum Gasteiger partial charge on any atom is 0.267 e. The number of halogens is 3. The van der Waals surface area contributed by atoms with Crippen molar-refractivity contribution in [2.24, 2.45) is 11.8 Å². The number of hydrogen-bond donors (Lipinski definition) is 8. The highest BCUT2D eigenvalue weighted by Gasteiger charge is 2.53. The Hall–Kier alpha value is -3.42. The highest BCUT2D eigenvalue weighted by molar-refractivity contribution is 9.10. The van der Waals surface area contributed by atoms with Crippen molar-refractivity contribution in [3.63, 3.8) is 0 Å². The van der Waals surface area contributed by atoms with Crippen molar-refractivity contribution in [2.45, 2.75) is 11.8 Å². The van der Waals surface area contributed by atoms with Gasteiger partial charge < -0.3 is 42.0 Å². The number of nitrogens with one attached hydrogen (secondary N) is 6. The van der Waals surface area contributed by atoms with Gasteiger partial charge in [0.2, 0.25) is 0 Å². The highest BCUT2D eigenvalue weighted by atomic mass is 79.9. The summed E-state index contributed by atoms with van der Waals surface area (Å²) in [4.78, 5) is 45.8. The maximum absolute atomic E-state index is 12.7. The minimum Gasteiger partial charge on any atom is -0.369 e. The lowest BCUT2D eigenvalue weighted by Crippen LogP contribution is -2.53. The molecule has 4 aromatic heterocycles. The van der Waals surface area contributed by atoms with Gasteiger partial charge in [0.25, 0.3) is 11.8 Å². The Kier molecular flexibility index (Phi) is 8.94. The molecule has 198 valence electrons. The Morgan fingerprint density at radius 2 is 1.43 bits per heavy atom. The minimum absolute atomic E-state index is 0. The van der Waals surface area contributed by atoms with Crippen LogP contribution in [0.5, 0.6) is 0 Å². The number of carbonyl (C=O) groups excluding carboxylic acids is 2. The predicted molar refractivity (Wildman–Crippen MR) is 147 cm³/mol. The Morgan fingerprint density at radius 3 is 1.84 bits per heavy atom. The third kappa shape index (κ3) is 5.78. The van der Waals surface area contributed by atoms with Gasteiger partial charge in [-0.05, 0) is 46.0 Å². The molecular weight excluding hydrogens is 587 g/mol. The Labute approximate surface area is 232 Å². The van der Waals surface area contributed by atoms with Crippen LogP contribution in [0.4, 0.5) is 11.9 Å². The summed E-state index contributed by atoms with van der Waals surface area (Å²) in [7, 11) is 0. The third-order valence-corrected chi connectivity index (χ3v) is 7.00. The fourth-order valence-corrected chi connectivity index (χ4v) is 5.29. The first-order chi connectivity index (χ1) is 16.9. The van der Waals surface area contributed by atoms with E-state index >= 15 is 0 Å². The SMILES string of the molecule is Cl.Cl.Nc1ncc([C@H]2[C@H](CNC(=O)c3ccc[nH]3)[C@@H](CNC(=O)c3cc(Br)c[nH]3)[C@@H]2c2cnc(N)[nH]2)[nH]1. The second kappa shape index (κ2) is 11.8. The first kappa shape index (κ1) is 28.2. The lowest BCUT2D eigenvalue weighted by atomic mass is 9.54. The fraction of sp³-hybridized carbons (Fsp3) is 0.273. The molecular formula is C22H27BrCl2N10O2. The quantitative estimate of drug-likeness (QED) is 0.150. The van der Waals surface area contributed by atoms with Crippen LogP contribution in [0.1, 0.15) is 44.2 Å². The van der Waals surface area contributed by atoms with Gasteiger partial charge in [-0.2, -0.15) is 0 Å². The maximum atomic E-state index is 12.7. The highest BCUT2D eigenvalue weighted by Crippen LogP contribution is 2.56. The van der Waals surface area contributed by atoms with E-state index in [2.05, 4.69) is 56.5 Å². The van der Waals surface area contributed by atoms with E-state index in [-0.39, 0.29) is 60.3 Å². The molecule has 10 N–H and O–H groups in total. The van der Waals surface area contributed by atoms with Crippen LogP contribution in [0.25, 0.3) is 0 Å². The van der Waals surface area contributed by atoms with E-state index in [4.69, 9.17) is 11.5 Å². The lowest BCUT2D eigenvalue weighted by Gasteiger charge is -2.51. The molecule has 0 radical (unpaired) electrons. The van der Waals surface area contributed by atoms with E-state index in [1.165, 1.54) is 0 Å². The van der Waals surface area contributed by atoms with E-state index in [0.29, 0.717) is 36.4 Å². The van der Waals surface area contributed by atoms with Crippen molar-refractivity contribution in [3.05, 3.63) is 70.2 Å². The monoisotopic (exact) mass is 612 g/mol. The van der Waals surface area contributed by atoms with Gasteiger partial charge >= 0.3 is 0 Å². The molecule has 1 saturated carbocycles. The van der Waals surface area contributed by atoms with Crippen molar-refractivity contribution >= 4 is 64.5 Å². The number of hydrogen-bond acceptors (Lipinski definition) is 6. The minimum atomic E-state index is -0.220. The number of nitrogen functional groups attached to an aromatic ring is 2. The van der Waals surface area contributed by atoms with Crippen LogP contribution in [0.3, 0.4) is 0 Å². The van der Waals surface area contributed by atoms with Crippen molar-refractivity contribution in [3.8, 4) is 0 Å². The molecule has 1 fully saturated rings. The van der Waals surface area contributed by atoms with Gasteiger partial charge in [-0.1, -0.05) is 0 Å². The van der Waals surface area contributed by atoms with Gasteiger partial charge in [0.15, 0.2) is 11.9 Å². The van der Waals surface area contributed by atoms with E-state index in [1.807, 2.05) is 0 Å². The Morgan fingerprint density at radius 1 is 0.892 bits per heavy atom. The van der Waals surface area contributed by atoms with E-state index < -0.39 is 0 Å². The molecule has 1 aliphatic rings. The molecule has 0 spiro atoms. The zero-order chi connectivity index (χ0) is 24.5. The van der Waals surface area contributed by atoms with Crippen molar-refractivity contribution in [1.82, 2.24) is 40.5 Å². The smallest absolute Gasteiger partial charge is 0.267 e. The third-order valence-electron chi connectivity index (χ3n) is 6.54. The van der Waals surface area contributed by atoms with Gasteiger partial charge in [0, 0.05) is 53.2 Å². The summed E-state index contributed by atoms with van der Waals surface area (Å²) in [5.41, 5.74) is 14.4. The number of nitrogens with two attached hydrogens (primary N) is 2. The predicted octanol–water partition coefficient (Wildman–Crippen LogP) is 2.53. The number of imidazole rings is 2. The zero-order valence-electron chi connectivity index (χ0n) is 19.3.